The number of hydrogen-bond donors (Lipinski definition) is 3. The molecule has 6 nitrogen and oxygen atoms in total. The highest BCUT2D eigenvalue weighted by Crippen LogP contribution is 2.38. The Hall–Kier alpha value is -2.47. The number of rotatable bonds is 7. The van der Waals surface area contributed by atoms with Gasteiger partial charge in [-0.15, -0.1) is 0 Å². The maximum absolute atomic E-state index is 6.11. The van der Waals surface area contributed by atoms with Crippen LogP contribution in [0.2, 0.25) is 0 Å². The topological polar surface area (TPSA) is 88.2 Å². The monoisotopic (exact) mass is 408 g/mol. The molecular weight excluding hydrogens is 372 g/mol. The largest absolute Gasteiger partial charge is 0.403 e. The molecule has 1 saturated heterocycles. The molecule has 0 bridgehead atoms. The van der Waals surface area contributed by atoms with Crippen molar-refractivity contribution >= 4 is 29.9 Å². The van der Waals surface area contributed by atoms with Crippen molar-refractivity contribution in [1.29, 1.82) is 0 Å². The molecule has 6 heteroatoms. The van der Waals surface area contributed by atoms with E-state index in [1.165, 1.54) is 18.4 Å². The summed E-state index contributed by atoms with van der Waals surface area (Å²) in [5.41, 5.74) is 9.25. The lowest BCUT2D eigenvalue weighted by Crippen LogP contribution is -2.48. The molecule has 0 radical (unpaired) electrons. The van der Waals surface area contributed by atoms with Gasteiger partial charge in [0.05, 0.1) is 5.35 Å². The molecule has 1 aromatic heterocycles. The van der Waals surface area contributed by atoms with Crippen molar-refractivity contribution in [2.24, 2.45) is 16.6 Å². The molecule has 4 N–H and O–H groups in total. The molecule has 30 heavy (non-hydrogen) atoms. The van der Waals surface area contributed by atoms with Gasteiger partial charge in [0, 0.05) is 28.2 Å². The average Bonchev–Trinajstić information content (AvgIpc) is 3.58. The fraction of sp³-hybridized carbons (Fsp3) is 0.542. The average molecular weight is 409 g/mol. The minimum Gasteiger partial charge on any atom is -0.403 e. The zero-order valence-corrected chi connectivity index (χ0v) is 18.9. The highest BCUT2D eigenvalue weighted by Gasteiger charge is 2.30. The number of piperidine rings is 1. The highest BCUT2D eigenvalue weighted by atomic mass is 15.1. The first kappa shape index (κ1) is 22.2. The standard InChI is InChI=1S/C24H36N6/c1-6-17(14-16(3)26-5)22-28-20(15-25)21(19(7-2)18-8-9-18)23(29-22)30-24(4)10-12-27-13-11-24/h6,14-15,18,27H,5,7-13,25H2,1-4H3,(H,28,29,30)/b16-14-,17-6+,20-15+,21-19-. The van der Waals surface area contributed by atoms with Crippen LogP contribution in [-0.2, 0) is 0 Å². The van der Waals surface area contributed by atoms with Gasteiger partial charge in [-0.05, 0) is 84.7 Å². The van der Waals surface area contributed by atoms with Gasteiger partial charge >= 0.3 is 0 Å². The van der Waals surface area contributed by atoms with Crippen molar-refractivity contribution in [2.75, 3.05) is 18.4 Å². The third kappa shape index (κ3) is 4.98. The molecular formula is C24H36N6. The van der Waals surface area contributed by atoms with E-state index in [1.54, 1.807) is 6.20 Å². The molecule has 1 saturated carbocycles. The summed E-state index contributed by atoms with van der Waals surface area (Å²) in [5, 5.41) is 9.18. The Morgan fingerprint density at radius 3 is 2.57 bits per heavy atom. The number of nitrogens with one attached hydrogen (secondary N) is 2. The SMILES string of the molecule is C=N/C(C)=C\C(=C/C)c1nc(NC2(C)CCNCC2)c(=C(/CC)C2CC2)/c(=C\N)n1. The fourth-order valence-electron chi connectivity index (χ4n) is 4.17. The molecule has 2 aliphatic rings. The van der Waals surface area contributed by atoms with Crippen LogP contribution in [0, 0.1) is 5.92 Å². The lowest BCUT2D eigenvalue weighted by atomic mass is 9.90. The van der Waals surface area contributed by atoms with Crippen LogP contribution in [0.15, 0.2) is 22.8 Å². The quantitative estimate of drug-likeness (QED) is 0.477. The van der Waals surface area contributed by atoms with Crippen molar-refractivity contribution in [2.45, 2.75) is 65.3 Å². The van der Waals surface area contributed by atoms with Crippen LogP contribution in [0.3, 0.4) is 0 Å². The first-order valence-corrected chi connectivity index (χ1v) is 11.1. The predicted molar refractivity (Wildman–Crippen MR) is 127 cm³/mol. The summed E-state index contributed by atoms with van der Waals surface area (Å²) >= 11 is 0. The molecule has 1 aliphatic carbocycles. The Bertz CT molecular complexity index is 962. The molecule has 2 heterocycles. The van der Waals surface area contributed by atoms with E-state index in [4.69, 9.17) is 15.7 Å². The number of aliphatic imine (C=N–C) groups is 1. The van der Waals surface area contributed by atoms with Gasteiger partial charge in [0.15, 0.2) is 5.82 Å². The second kappa shape index (κ2) is 9.56. The maximum atomic E-state index is 6.11. The molecule has 2 fully saturated rings. The van der Waals surface area contributed by atoms with Gasteiger partial charge in [-0.3, -0.25) is 4.99 Å². The Morgan fingerprint density at radius 2 is 2.03 bits per heavy atom. The van der Waals surface area contributed by atoms with Crippen molar-refractivity contribution in [3.05, 3.63) is 34.2 Å². The van der Waals surface area contributed by atoms with E-state index in [-0.39, 0.29) is 5.54 Å². The lowest BCUT2D eigenvalue weighted by Gasteiger charge is -2.35. The molecule has 0 unspecified atom stereocenters. The van der Waals surface area contributed by atoms with Gasteiger partial charge < -0.3 is 16.4 Å². The first-order valence-electron chi connectivity index (χ1n) is 11.1. The zero-order chi connectivity index (χ0) is 21.7. The van der Waals surface area contributed by atoms with Crippen LogP contribution in [0.25, 0.3) is 17.3 Å². The molecule has 0 spiro atoms. The fourth-order valence-corrected chi connectivity index (χ4v) is 4.17. The second-order valence-corrected chi connectivity index (χ2v) is 8.60. The number of anilines is 1. The Kier molecular flexibility index (Phi) is 7.08. The molecule has 0 aromatic carbocycles. The number of aromatic nitrogens is 2. The predicted octanol–water partition coefficient (Wildman–Crippen LogP) is 2.71. The van der Waals surface area contributed by atoms with E-state index in [2.05, 4.69) is 36.2 Å². The molecule has 0 atom stereocenters. The van der Waals surface area contributed by atoms with Crippen molar-refractivity contribution in [3.8, 4) is 0 Å². The minimum atomic E-state index is -0.00951. The third-order valence-electron chi connectivity index (χ3n) is 6.18. The van der Waals surface area contributed by atoms with E-state index >= 15 is 0 Å². The molecule has 1 aliphatic heterocycles. The Balaban J connectivity index is 2.23. The number of hydrogen-bond acceptors (Lipinski definition) is 6. The second-order valence-electron chi connectivity index (χ2n) is 8.60. The Morgan fingerprint density at radius 1 is 1.33 bits per heavy atom. The Labute approximate surface area is 180 Å². The van der Waals surface area contributed by atoms with Gasteiger partial charge in [0.1, 0.15) is 5.82 Å². The van der Waals surface area contributed by atoms with E-state index < -0.39 is 0 Å². The first-order chi connectivity index (χ1) is 14.4. The van der Waals surface area contributed by atoms with Gasteiger partial charge in [-0.1, -0.05) is 18.6 Å². The third-order valence-corrected chi connectivity index (χ3v) is 6.18. The van der Waals surface area contributed by atoms with Crippen LogP contribution in [0.1, 0.15) is 65.6 Å². The van der Waals surface area contributed by atoms with Crippen LogP contribution in [0.4, 0.5) is 5.82 Å². The lowest BCUT2D eigenvalue weighted by molar-refractivity contribution is 0.364. The summed E-state index contributed by atoms with van der Waals surface area (Å²) in [6, 6.07) is 0. The van der Waals surface area contributed by atoms with E-state index in [1.807, 2.05) is 26.0 Å². The summed E-state index contributed by atoms with van der Waals surface area (Å²) in [6.45, 7) is 14.0. The minimum absolute atomic E-state index is 0.00951. The zero-order valence-electron chi connectivity index (χ0n) is 18.9. The van der Waals surface area contributed by atoms with Crippen LogP contribution in [0.5, 0.6) is 0 Å². The summed E-state index contributed by atoms with van der Waals surface area (Å²) in [5.74, 6) is 2.19. The molecule has 3 rings (SSSR count). The smallest absolute Gasteiger partial charge is 0.161 e. The summed E-state index contributed by atoms with van der Waals surface area (Å²) in [7, 11) is 0. The normalized spacial score (nSPS) is 21.4. The van der Waals surface area contributed by atoms with Crippen molar-refractivity contribution < 1.29 is 0 Å². The summed E-state index contributed by atoms with van der Waals surface area (Å²) in [6.07, 6.45) is 11.2. The maximum Gasteiger partial charge on any atom is 0.161 e. The highest BCUT2D eigenvalue weighted by molar-refractivity contribution is 5.71. The van der Waals surface area contributed by atoms with Crippen molar-refractivity contribution in [1.82, 2.24) is 15.3 Å². The number of nitrogens with two attached hydrogens (primary N) is 1. The van der Waals surface area contributed by atoms with Gasteiger partial charge in [-0.2, -0.15) is 0 Å². The molecule has 1 aromatic rings. The van der Waals surface area contributed by atoms with Crippen LogP contribution < -0.4 is 26.9 Å². The number of allylic oxidation sites excluding steroid dienone is 4. The van der Waals surface area contributed by atoms with Crippen LogP contribution >= 0.6 is 0 Å². The van der Waals surface area contributed by atoms with E-state index in [9.17, 15) is 0 Å². The van der Waals surface area contributed by atoms with E-state index in [0.717, 1.165) is 60.0 Å². The molecule has 162 valence electrons. The van der Waals surface area contributed by atoms with Gasteiger partial charge in [0.25, 0.3) is 0 Å². The van der Waals surface area contributed by atoms with Crippen molar-refractivity contribution in [3.63, 3.8) is 0 Å². The van der Waals surface area contributed by atoms with Crippen LogP contribution in [-0.4, -0.2) is 35.3 Å². The van der Waals surface area contributed by atoms with E-state index in [0.29, 0.717) is 11.7 Å². The van der Waals surface area contributed by atoms with Gasteiger partial charge in [-0.25, -0.2) is 9.97 Å². The summed E-state index contributed by atoms with van der Waals surface area (Å²) < 4.78 is 0. The molecule has 0 amide bonds. The number of nitrogens with zero attached hydrogens (tertiary/aromatic N) is 3. The van der Waals surface area contributed by atoms with Gasteiger partial charge in [0.2, 0.25) is 0 Å². The summed E-state index contributed by atoms with van der Waals surface area (Å²) in [4.78, 5) is 13.9.